The molecule has 0 aromatic heterocycles. The maximum atomic E-state index is 12.2. The van der Waals surface area contributed by atoms with E-state index in [4.69, 9.17) is 15.2 Å². The van der Waals surface area contributed by atoms with E-state index in [0.29, 0.717) is 6.42 Å². The second-order valence-corrected chi connectivity index (χ2v) is 6.49. The van der Waals surface area contributed by atoms with Crippen molar-refractivity contribution in [3.63, 3.8) is 0 Å². The van der Waals surface area contributed by atoms with Crippen LogP contribution in [0.3, 0.4) is 0 Å². The first-order valence-electron chi connectivity index (χ1n) is 8.60. The zero-order valence-corrected chi connectivity index (χ0v) is 14.7. The lowest BCUT2D eigenvalue weighted by molar-refractivity contribution is -0.219. The molecule has 0 aliphatic carbocycles. The number of rotatable bonds is 6. The van der Waals surface area contributed by atoms with Crippen LogP contribution >= 0.6 is 0 Å². The van der Waals surface area contributed by atoms with Gasteiger partial charge in [0.1, 0.15) is 0 Å². The van der Waals surface area contributed by atoms with Crippen molar-refractivity contribution < 1.29 is 19.1 Å². The Morgan fingerprint density at radius 1 is 1.15 bits per heavy atom. The van der Waals surface area contributed by atoms with Crippen molar-refractivity contribution in [1.29, 1.82) is 0 Å². The van der Waals surface area contributed by atoms with Gasteiger partial charge in [-0.15, -0.1) is 0 Å². The van der Waals surface area contributed by atoms with Crippen LogP contribution < -0.4 is 5.73 Å². The van der Waals surface area contributed by atoms with Crippen LogP contribution in [0, 0.1) is 11.8 Å². The lowest BCUT2D eigenvalue weighted by Crippen LogP contribution is -2.53. The van der Waals surface area contributed by atoms with Gasteiger partial charge in [0.05, 0.1) is 6.61 Å². The maximum Gasteiger partial charge on any atom is 0.326 e. The number of nitrogens with two attached hydrogens (primary N) is 1. The van der Waals surface area contributed by atoms with E-state index >= 15 is 0 Å². The van der Waals surface area contributed by atoms with Gasteiger partial charge in [-0.2, -0.15) is 0 Å². The molecule has 0 spiro atoms. The summed E-state index contributed by atoms with van der Waals surface area (Å²) in [6, 6.07) is 18.3. The Balaban J connectivity index is 1.62. The Labute approximate surface area is 153 Å². The SMILES string of the molecule is C[C@H]1OC[C@@](C[CH]Cc2ccc(-c3ccccc3)cc2)(C(N)=O)C(=O)O1. The molecule has 5 heteroatoms. The normalized spacial score (nSPS) is 22.7. The van der Waals surface area contributed by atoms with Gasteiger partial charge in [0.15, 0.2) is 11.7 Å². The Morgan fingerprint density at radius 2 is 1.81 bits per heavy atom. The van der Waals surface area contributed by atoms with Crippen molar-refractivity contribution in [3.05, 3.63) is 66.6 Å². The molecule has 0 unspecified atom stereocenters. The Morgan fingerprint density at radius 3 is 2.42 bits per heavy atom. The smallest absolute Gasteiger partial charge is 0.326 e. The Kier molecular flexibility index (Phi) is 5.38. The fourth-order valence-corrected chi connectivity index (χ4v) is 2.98. The summed E-state index contributed by atoms with van der Waals surface area (Å²) in [4.78, 5) is 24.0. The average Bonchev–Trinajstić information content (AvgIpc) is 2.65. The average molecular weight is 352 g/mol. The van der Waals surface area contributed by atoms with Crippen LogP contribution in [0.4, 0.5) is 0 Å². The minimum atomic E-state index is -1.43. The van der Waals surface area contributed by atoms with Gasteiger partial charge in [-0.25, -0.2) is 0 Å². The van der Waals surface area contributed by atoms with E-state index < -0.39 is 23.6 Å². The Bertz CT molecular complexity index is 772. The number of hydrogen-bond donors (Lipinski definition) is 1. The monoisotopic (exact) mass is 352 g/mol. The van der Waals surface area contributed by atoms with E-state index in [-0.39, 0.29) is 13.0 Å². The number of carbonyl (C=O) groups is 2. The molecule has 1 saturated heterocycles. The summed E-state index contributed by atoms with van der Waals surface area (Å²) in [6.45, 7) is 1.56. The predicted molar refractivity (Wildman–Crippen MR) is 97.6 cm³/mol. The summed E-state index contributed by atoms with van der Waals surface area (Å²) in [6.07, 6.45) is 2.03. The van der Waals surface area contributed by atoms with Crippen LogP contribution in [-0.2, 0) is 25.5 Å². The first-order valence-corrected chi connectivity index (χ1v) is 8.60. The van der Waals surface area contributed by atoms with E-state index in [2.05, 4.69) is 24.3 Å². The number of esters is 1. The molecule has 3 rings (SSSR count). The first-order chi connectivity index (χ1) is 12.5. The molecule has 1 aliphatic rings. The molecule has 135 valence electrons. The number of primary amides is 1. The van der Waals surface area contributed by atoms with Crippen molar-refractivity contribution in [2.45, 2.75) is 26.1 Å². The summed E-state index contributed by atoms with van der Waals surface area (Å²) >= 11 is 0. The quantitative estimate of drug-likeness (QED) is 0.640. The summed E-state index contributed by atoms with van der Waals surface area (Å²) < 4.78 is 10.4. The van der Waals surface area contributed by atoms with Gasteiger partial charge in [0, 0.05) is 0 Å². The minimum absolute atomic E-state index is 0.0498. The lowest BCUT2D eigenvalue weighted by Gasteiger charge is -2.34. The van der Waals surface area contributed by atoms with Crippen molar-refractivity contribution >= 4 is 11.9 Å². The number of carbonyl (C=O) groups excluding carboxylic acids is 2. The zero-order chi connectivity index (χ0) is 18.6. The van der Waals surface area contributed by atoms with Crippen LogP contribution in [0.1, 0.15) is 18.9 Å². The topological polar surface area (TPSA) is 78.6 Å². The molecule has 0 bridgehead atoms. The molecular weight excluding hydrogens is 330 g/mol. The molecule has 26 heavy (non-hydrogen) atoms. The summed E-state index contributed by atoms with van der Waals surface area (Å²) in [5, 5.41) is 0. The van der Waals surface area contributed by atoms with E-state index in [1.165, 1.54) is 0 Å². The molecule has 2 atom stereocenters. The molecular formula is C21H22NO4. The van der Waals surface area contributed by atoms with Crippen LogP contribution in [0.15, 0.2) is 54.6 Å². The fraction of sp³-hybridized carbons (Fsp3) is 0.286. The highest BCUT2D eigenvalue weighted by molar-refractivity contribution is 6.02. The number of cyclic esters (lactones) is 1. The van der Waals surface area contributed by atoms with Gasteiger partial charge in [0.25, 0.3) is 0 Å². The molecule has 5 nitrogen and oxygen atoms in total. The summed E-state index contributed by atoms with van der Waals surface area (Å²) in [7, 11) is 0. The summed E-state index contributed by atoms with van der Waals surface area (Å²) in [5.74, 6) is -1.33. The standard InChI is InChI=1S/C21H22NO4/c1-15-25-14-21(19(22)23,20(24)26-15)13-5-6-16-9-11-18(12-10-16)17-7-3-2-4-8-17/h2-5,7-12,15H,6,13-14H2,1H3,(H2,22,23)/t15-,21-/m0/s1. The van der Waals surface area contributed by atoms with Gasteiger partial charge >= 0.3 is 5.97 Å². The molecule has 2 aromatic carbocycles. The molecule has 2 N–H and O–H groups in total. The maximum absolute atomic E-state index is 12.2. The number of hydrogen-bond acceptors (Lipinski definition) is 4. The van der Waals surface area contributed by atoms with E-state index in [1.54, 1.807) is 6.92 Å². The van der Waals surface area contributed by atoms with Gasteiger partial charge in [-0.05, 0) is 42.9 Å². The molecule has 1 heterocycles. The largest absolute Gasteiger partial charge is 0.435 e. The third-order valence-electron chi connectivity index (χ3n) is 4.63. The lowest BCUT2D eigenvalue weighted by atomic mass is 9.81. The van der Waals surface area contributed by atoms with Gasteiger partial charge in [-0.3, -0.25) is 9.59 Å². The second-order valence-electron chi connectivity index (χ2n) is 6.49. The van der Waals surface area contributed by atoms with E-state index in [1.807, 2.05) is 36.8 Å². The van der Waals surface area contributed by atoms with Crippen molar-refractivity contribution in [1.82, 2.24) is 0 Å². The van der Waals surface area contributed by atoms with Crippen molar-refractivity contribution in [2.24, 2.45) is 11.1 Å². The molecule has 1 aliphatic heterocycles. The van der Waals surface area contributed by atoms with Crippen LogP contribution in [0.25, 0.3) is 11.1 Å². The summed E-state index contributed by atoms with van der Waals surface area (Å²) in [5.41, 5.74) is 7.41. The molecule has 1 radical (unpaired) electrons. The molecule has 0 saturated carbocycles. The van der Waals surface area contributed by atoms with Gasteiger partial charge in [0.2, 0.25) is 5.91 Å². The predicted octanol–water partition coefficient (Wildman–Crippen LogP) is 2.88. The zero-order valence-electron chi connectivity index (χ0n) is 14.7. The van der Waals surface area contributed by atoms with Crippen molar-refractivity contribution in [3.8, 4) is 11.1 Å². The third kappa shape index (κ3) is 3.78. The van der Waals surface area contributed by atoms with Crippen LogP contribution in [0.5, 0.6) is 0 Å². The fourth-order valence-electron chi connectivity index (χ4n) is 2.98. The van der Waals surface area contributed by atoms with E-state index in [9.17, 15) is 9.59 Å². The molecule has 2 aromatic rings. The molecule has 1 amide bonds. The highest BCUT2D eigenvalue weighted by atomic mass is 16.7. The Hall–Kier alpha value is -2.66. The first kappa shape index (κ1) is 18.1. The molecule has 1 fully saturated rings. The highest BCUT2D eigenvalue weighted by Crippen LogP contribution is 2.31. The number of ether oxygens (including phenoxy) is 2. The van der Waals surface area contributed by atoms with Gasteiger partial charge in [-0.1, -0.05) is 54.6 Å². The minimum Gasteiger partial charge on any atom is -0.435 e. The van der Waals surface area contributed by atoms with Gasteiger partial charge < -0.3 is 15.2 Å². The second kappa shape index (κ2) is 7.70. The number of amides is 1. The van der Waals surface area contributed by atoms with Crippen LogP contribution in [-0.4, -0.2) is 24.8 Å². The van der Waals surface area contributed by atoms with E-state index in [0.717, 1.165) is 16.7 Å². The highest BCUT2D eigenvalue weighted by Gasteiger charge is 2.49. The van der Waals surface area contributed by atoms with Crippen molar-refractivity contribution in [2.75, 3.05) is 6.61 Å². The van der Waals surface area contributed by atoms with Crippen LogP contribution in [0.2, 0.25) is 0 Å². The third-order valence-corrected chi connectivity index (χ3v) is 4.63. The number of benzene rings is 2.